The van der Waals surface area contributed by atoms with Crippen molar-refractivity contribution in [3.63, 3.8) is 0 Å². The molecule has 0 spiro atoms. The Kier molecular flexibility index (Phi) is 4.40. The van der Waals surface area contributed by atoms with E-state index in [4.69, 9.17) is 22.1 Å². The maximum Gasteiger partial charge on any atom is 0.145 e. The van der Waals surface area contributed by atoms with Gasteiger partial charge < -0.3 is 10.5 Å². The molecule has 0 heterocycles. The molecule has 0 aliphatic heterocycles. The number of aryl methyl sites for hydroxylation is 1. The molecule has 0 aliphatic carbocycles. The van der Waals surface area contributed by atoms with E-state index >= 15 is 0 Å². The van der Waals surface area contributed by atoms with Gasteiger partial charge in [0.2, 0.25) is 0 Å². The van der Waals surface area contributed by atoms with Gasteiger partial charge in [0.1, 0.15) is 17.6 Å². The minimum absolute atomic E-state index is 0.294. The van der Waals surface area contributed by atoms with Gasteiger partial charge >= 0.3 is 0 Å². The van der Waals surface area contributed by atoms with Crippen LogP contribution in [-0.2, 0) is 0 Å². The summed E-state index contributed by atoms with van der Waals surface area (Å²) in [6.07, 6.45) is 0. The Morgan fingerprint density at radius 2 is 1.90 bits per heavy atom. The van der Waals surface area contributed by atoms with Gasteiger partial charge in [-0.3, -0.25) is 0 Å². The first-order valence-electron chi connectivity index (χ1n) is 6.70. The van der Waals surface area contributed by atoms with Gasteiger partial charge in [0.25, 0.3) is 0 Å². The number of nitrogens with two attached hydrogens (primary N) is 1. The molecule has 108 valence electrons. The molecule has 21 heavy (non-hydrogen) atoms. The Morgan fingerprint density at radius 3 is 2.52 bits per heavy atom. The topological polar surface area (TPSA) is 59.0 Å². The molecule has 0 bridgehead atoms. The SMILES string of the molecule is Cc1cc(Cl)c(C(C)C)cc1Oc1ccc(N)cc1C#N. The number of nitrogens with zero attached hydrogens (tertiary/aromatic N) is 1. The highest BCUT2D eigenvalue weighted by Crippen LogP contribution is 2.35. The molecule has 2 N–H and O–H groups in total. The summed E-state index contributed by atoms with van der Waals surface area (Å²) < 4.78 is 5.90. The Labute approximate surface area is 129 Å². The summed E-state index contributed by atoms with van der Waals surface area (Å²) in [4.78, 5) is 0. The summed E-state index contributed by atoms with van der Waals surface area (Å²) in [6, 6.07) is 10.9. The Morgan fingerprint density at radius 1 is 1.19 bits per heavy atom. The number of halogens is 1. The van der Waals surface area contributed by atoms with Crippen molar-refractivity contribution in [1.29, 1.82) is 5.26 Å². The van der Waals surface area contributed by atoms with E-state index < -0.39 is 0 Å². The summed E-state index contributed by atoms with van der Waals surface area (Å²) in [5.74, 6) is 1.48. The zero-order valence-corrected chi connectivity index (χ0v) is 13.0. The average molecular weight is 301 g/mol. The molecule has 0 aliphatic rings. The molecule has 0 saturated carbocycles. The molecule has 2 aromatic rings. The minimum Gasteiger partial charge on any atom is -0.456 e. The molecule has 4 heteroatoms. The summed E-state index contributed by atoms with van der Waals surface area (Å²) in [6.45, 7) is 6.07. The van der Waals surface area contributed by atoms with E-state index in [2.05, 4.69) is 19.9 Å². The fraction of sp³-hybridized carbons (Fsp3) is 0.235. The molecule has 0 unspecified atom stereocenters. The number of hydrogen-bond acceptors (Lipinski definition) is 3. The average Bonchev–Trinajstić information content (AvgIpc) is 2.42. The molecule has 0 amide bonds. The van der Waals surface area contributed by atoms with E-state index in [9.17, 15) is 5.26 Å². The lowest BCUT2D eigenvalue weighted by Crippen LogP contribution is -1.96. The van der Waals surface area contributed by atoms with Crippen LogP contribution < -0.4 is 10.5 Å². The smallest absolute Gasteiger partial charge is 0.145 e. The van der Waals surface area contributed by atoms with Gasteiger partial charge in [0.05, 0.1) is 5.56 Å². The molecule has 0 fully saturated rings. The van der Waals surface area contributed by atoms with Crippen LogP contribution in [0.5, 0.6) is 11.5 Å². The van der Waals surface area contributed by atoms with E-state index in [1.54, 1.807) is 18.2 Å². The van der Waals surface area contributed by atoms with Crippen LogP contribution in [0.1, 0.15) is 36.5 Å². The third-order valence-electron chi connectivity index (χ3n) is 3.26. The standard InChI is InChI=1S/C17H17ClN2O/c1-10(2)14-8-17(11(3)6-15(14)18)21-16-5-4-13(20)7-12(16)9-19/h4-8,10H,20H2,1-3H3. The number of ether oxygens (including phenoxy) is 1. The summed E-state index contributed by atoms with van der Waals surface area (Å²) in [5, 5.41) is 9.90. The van der Waals surface area contributed by atoms with Gasteiger partial charge in [-0.25, -0.2) is 0 Å². The van der Waals surface area contributed by atoms with Crippen molar-refractivity contribution >= 4 is 17.3 Å². The van der Waals surface area contributed by atoms with Crippen molar-refractivity contribution in [2.45, 2.75) is 26.7 Å². The minimum atomic E-state index is 0.294. The molecule has 2 aromatic carbocycles. The Hall–Kier alpha value is -2.18. The Bertz CT molecular complexity index is 717. The van der Waals surface area contributed by atoms with Crippen LogP contribution in [0.3, 0.4) is 0 Å². The van der Waals surface area contributed by atoms with Gasteiger partial charge in [-0.15, -0.1) is 0 Å². The second-order valence-corrected chi connectivity index (χ2v) is 5.67. The van der Waals surface area contributed by atoms with Crippen molar-refractivity contribution in [3.05, 3.63) is 52.0 Å². The maximum absolute atomic E-state index is 9.17. The number of hydrogen-bond donors (Lipinski definition) is 1. The normalized spacial score (nSPS) is 10.5. The molecule has 0 atom stereocenters. The first-order chi connectivity index (χ1) is 9.92. The largest absolute Gasteiger partial charge is 0.456 e. The second kappa shape index (κ2) is 6.07. The van der Waals surface area contributed by atoms with Crippen molar-refractivity contribution in [2.24, 2.45) is 0 Å². The Balaban J connectivity index is 2.45. The first kappa shape index (κ1) is 15.2. The van der Waals surface area contributed by atoms with Crippen LogP contribution in [0.2, 0.25) is 5.02 Å². The van der Waals surface area contributed by atoms with Crippen molar-refractivity contribution < 1.29 is 4.74 Å². The van der Waals surface area contributed by atoms with Crippen molar-refractivity contribution in [3.8, 4) is 17.6 Å². The number of nitrogen functional groups attached to an aromatic ring is 1. The first-order valence-corrected chi connectivity index (χ1v) is 7.07. The van der Waals surface area contributed by atoms with Gasteiger partial charge in [-0.2, -0.15) is 5.26 Å². The van der Waals surface area contributed by atoms with E-state index in [1.165, 1.54) is 0 Å². The maximum atomic E-state index is 9.17. The lowest BCUT2D eigenvalue weighted by atomic mass is 10.0. The highest BCUT2D eigenvalue weighted by Gasteiger charge is 2.12. The van der Waals surface area contributed by atoms with Gasteiger partial charge in [-0.05, 0) is 54.3 Å². The molecule has 0 aromatic heterocycles. The summed E-state index contributed by atoms with van der Waals surface area (Å²) in [5.41, 5.74) is 8.58. The number of benzene rings is 2. The number of rotatable bonds is 3. The lowest BCUT2D eigenvalue weighted by molar-refractivity contribution is 0.476. The van der Waals surface area contributed by atoms with Crippen LogP contribution in [0.4, 0.5) is 5.69 Å². The van der Waals surface area contributed by atoms with Crippen LogP contribution in [-0.4, -0.2) is 0 Å². The highest BCUT2D eigenvalue weighted by atomic mass is 35.5. The molecule has 0 radical (unpaired) electrons. The van der Waals surface area contributed by atoms with Gasteiger partial charge in [-0.1, -0.05) is 25.4 Å². The summed E-state index contributed by atoms with van der Waals surface area (Å²) >= 11 is 6.25. The van der Waals surface area contributed by atoms with E-state index in [-0.39, 0.29) is 0 Å². The predicted octanol–water partition coefficient (Wildman–Crippen LogP) is 5.02. The fourth-order valence-corrected chi connectivity index (χ4v) is 2.50. The quantitative estimate of drug-likeness (QED) is 0.810. The van der Waals surface area contributed by atoms with Crippen molar-refractivity contribution in [1.82, 2.24) is 0 Å². The van der Waals surface area contributed by atoms with Crippen LogP contribution >= 0.6 is 11.6 Å². The van der Waals surface area contributed by atoms with Gasteiger partial charge in [0.15, 0.2) is 0 Å². The van der Waals surface area contributed by atoms with E-state index in [1.807, 2.05) is 19.1 Å². The molecule has 0 saturated heterocycles. The van der Waals surface area contributed by atoms with Crippen LogP contribution in [0.15, 0.2) is 30.3 Å². The monoisotopic (exact) mass is 300 g/mol. The fourth-order valence-electron chi connectivity index (χ4n) is 2.06. The highest BCUT2D eigenvalue weighted by molar-refractivity contribution is 6.31. The van der Waals surface area contributed by atoms with Crippen LogP contribution in [0, 0.1) is 18.3 Å². The van der Waals surface area contributed by atoms with E-state index in [0.29, 0.717) is 28.7 Å². The summed E-state index contributed by atoms with van der Waals surface area (Å²) in [7, 11) is 0. The zero-order chi connectivity index (χ0) is 15.6. The number of nitriles is 1. The van der Waals surface area contributed by atoms with Crippen molar-refractivity contribution in [2.75, 3.05) is 5.73 Å². The third-order valence-corrected chi connectivity index (χ3v) is 3.59. The zero-order valence-electron chi connectivity index (χ0n) is 12.3. The predicted molar refractivity (Wildman–Crippen MR) is 85.9 cm³/mol. The number of anilines is 1. The third kappa shape index (κ3) is 3.29. The van der Waals surface area contributed by atoms with E-state index in [0.717, 1.165) is 16.1 Å². The van der Waals surface area contributed by atoms with Crippen LogP contribution in [0.25, 0.3) is 0 Å². The molecular weight excluding hydrogens is 284 g/mol. The molecule has 2 rings (SSSR count). The molecule has 3 nitrogen and oxygen atoms in total. The molecular formula is C17H17ClN2O. The second-order valence-electron chi connectivity index (χ2n) is 5.26. The van der Waals surface area contributed by atoms with Gasteiger partial charge in [0, 0.05) is 10.7 Å². The lowest BCUT2D eigenvalue weighted by Gasteiger charge is -2.15.